The Morgan fingerprint density at radius 2 is 2.00 bits per heavy atom. The van der Waals surface area contributed by atoms with Crippen molar-refractivity contribution >= 4 is 23.5 Å². The van der Waals surface area contributed by atoms with Gasteiger partial charge in [0.25, 0.3) is 0 Å². The van der Waals surface area contributed by atoms with Crippen LogP contribution < -0.4 is 10.1 Å². The Bertz CT molecular complexity index is 909. The van der Waals surface area contributed by atoms with Crippen molar-refractivity contribution in [2.75, 3.05) is 11.9 Å². The van der Waals surface area contributed by atoms with Gasteiger partial charge in [0.15, 0.2) is 11.7 Å². The third-order valence-corrected chi connectivity index (χ3v) is 3.89. The first kappa shape index (κ1) is 16.5. The lowest BCUT2D eigenvalue weighted by Gasteiger charge is -2.18. The molecule has 3 rings (SSSR count). The highest BCUT2D eigenvalue weighted by atomic mass is 16.5. The summed E-state index contributed by atoms with van der Waals surface area (Å²) in [6, 6.07) is 16.3. The molecule has 0 saturated carbocycles. The van der Waals surface area contributed by atoms with Crippen LogP contribution in [0.15, 0.2) is 54.1 Å². The van der Waals surface area contributed by atoms with Crippen LogP contribution in [0.2, 0.25) is 0 Å². The summed E-state index contributed by atoms with van der Waals surface area (Å²) >= 11 is 0. The van der Waals surface area contributed by atoms with Gasteiger partial charge in [-0.25, -0.2) is 0 Å². The van der Waals surface area contributed by atoms with Crippen molar-refractivity contribution in [3.05, 3.63) is 65.2 Å². The van der Waals surface area contributed by atoms with Gasteiger partial charge in [0, 0.05) is 16.8 Å². The molecule has 0 saturated heterocycles. The van der Waals surface area contributed by atoms with Gasteiger partial charge in [-0.1, -0.05) is 30.3 Å². The van der Waals surface area contributed by atoms with E-state index >= 15 is 0 Å². The average Bonchev–Trinajstić information content (AvgIpc) is 2.61. The van der Waals surface area contributed by atoms with Crippen LogP contribution in [0, 0.1) is 24.2 Å². The maximum Gasteiger partial charge on any atom is 0.249 e. The van der Waals surface area contributed by atoms with Gasteiger partial charge in [0.05, 0.1) is 6.07 Å². The molecular formula is C20H16N2O3. The molecule has 1 heterocycles. The number of para-hydroxylation sites is 1. The molecule has 1 amide bonds. The van der Waals surface area contributed by atoms with Crippen LogP contribution in [0.25, 0.3) is 6.08 Å². The molecule has 124 valence electrons. The van der Waals surface area contributed by atoms with E-state index < -0.39 is 17.6 Å². The highest BCUT2D eigenvalue weighted by Crippen LogP contribution is 2.27. The van der Waals surface area contributed by atoms with E-state index in [0.29, 0.717) is 17.0 Å². The second-order valence-electron chi connectivity index (χ2n) is 5.78. The summed E-state index contributed by atoms with van der Waals surface area (Å²) in [7, 11) is 0. The third kappa shape index (κ3) is 3.59. The van der Waals surface area contributed by atoms with Gasteiger partial charge in [-0.05, 0) is 36.8 Å². The Balaban J connectivity index is 1.79. The monoisotopic (exact) mass is 332 g/mol. The molecule has 0 aromatic heterocycles. The summed E-state index contributed by atoms with van der Waals surface area (Å²) in [5.74, 6) is -1.92. The van der Waals surface area contributed by atoms with E-state index in [2.05, 4.69) is 5.32 Å². The van der Waals surface area contributed by atoms with Crippen molar-refractivity contribution in [2.24, 2.45) is 5.92 Å². The van der Waals surface area contributed by atoms with Gasteiger partial charge in [-0.3, -0.25) is 9.59 Å². The van der Waals surface area contributed by atoms with Crippen molar-refractivity contribution in [3.8, 4) is 11.8 Å². The molecule has 5 heteroatoms. The summed E-state index contributed by atoms with van der Waals surface area (Å²) in [5.41, 5.74) is 2.59. The fraction of sp³-hybridized carbons (Fsp3) is 0.150. The number of carbonyl (C=O) groups excluding carboxylic acids is 2. The Hall–Kier alpha value is -3.39. The number of nitrogens with zero attached hydrogens (tertiary/aromatic N) is 1. The van der Waals surface area contributed by atoms with Crippen LogP contribution in [-0.4, -0.2) is 18.3 Å². The number of nitriles is 1. The Morgan fingerprint density at radius 1 is 1.20 bits per heavy atom. The molecule has 25 heavy (non-hydrogen) atoms. The van der Waals surface area contributed by atoms with Crippen LogP contribution in [0.5, 0.6) is 5.75 Å². The minimum absolute atomic E-state index is 0.0474. The number of nitrogens with one attached hydrogen (secondary N) is 1. The van der Waals surface area contributed by atoms with Crippen LogP contribution >= 0.6 is 0 Å². The average molecular weight is 332 g/mol. The van der Waals surface area contributed by atoms with E-state index in [1.807, 2.05) is 31.2 Å². The molecule has 2 aromatic carbocycles. The van der Waals surface area contributed by atoms with E-state index in [4.69, 9.17) is 4.74 Å². The number of amides is 1. The standard InChI is InChI=1S/C20H16N2O3/c1-13-5-4-7-16(9-13)22-20(24)17(11-21)19(23)15-10-14-6-2-3-8-18(14)25-12-15/h2-10,17H,12H2,1H3,(H,22,24)/t17-/m0/s1. The van der Waals surface area contributed by atoms with E-state index in [1.165, 1.54) is 0 Å². The summed E-state index contributed by atoms with van der Waals surface area (Å²) in [6.07, 6.45) is 1.67. The largest absolute Gasteiger partial charge is 0.488 e. The lowest BCUT2D eigenvalue weighted by atomic mass is 9.95. The second kappa shape index (κ2) is 7.02. The van der Waals surface area contributed by atoms with Crippen LogP contribution in [0.3, 0.4) is 0 Å². The van der Waals surface area contributed by atoms with Crippen LogP contribution in [0.4, 0.5) is 5.69 Å². The first-order chi connectivity index (χ1) is 12.1. The van der Waals surface area contributed by atoms with E-state index in [0.717, 1.165) is 11.1 Å². The van der Waals surface area contributed by atoms with Gasteiger partial charge < -0.3 is 10.1 Å². The van der Waals surface area contributed by atoms with Gasteiger partial charge in [-0.15, -0.1) is 0 Å². The number of Topliss-reactive ketones (excluding diaryl/α,β-unsaturated/α-hetero) is 1. The maximum atomic E-state index is 12.6. The molecule has 0 fully saturated rings. The minimum atomic E-state index is -1.42. The number of rotatable bonds is 4. The summed E-state index contributed by atoms with van der Waals surface area (Å²) in [6.45, 7) is 1.94. The van der Waals surface area contributed by atoms with Crippen molar-refractivity contribution in [3.63, 3.8) is 0 Å². The molecule has 1 N–H and O–H groups in total. The van der Waals surface area contributed by atoms with Gasteiger partial charge in [-0.2, -0.15) is 5.26 Å². The number of fused-ring (bicyclic) bond motifs is 1. The zero-order chi connectivity index (χ0) is 17.8. The maximum absolute atomic E-state index is 12.6. The number of ether oxygens (including phenoxy) is 1. The number of hydrogen-bond acceptors (Lipinski definition) is 4. The summed E-state index contributed by atoms with van der Waals surface area (Å²) < 4.78 is 5.54. The Morgan fingerprint density at radius 3 is 2.76 bits per heavy atom. The highest BCUT2D eigenvalue weighted by Gasteiger charge is 2.30. The quantitative estimate of drug-likeness (QED) is 0.873. The molecule has 1 aliphatic rings. The van der Waals surface area contributed by atoms with Crippen LogP contribution in [0.1, 0.15) is 11.1 Å². The number of carbonyl (C=O) groups is 2. The lowest BCUT2D eigenvalue weighted by molar-refractivity contribution is -0.126. The smallest absolute Gasteiger partial charge is 0.249 e. The molecule has 0 aliphatic carbocycles. The lowest BCUT2D eigenvalue weighted by Crippen LogP contribution is -2.31. The SMILES string of the molecule is Cc1cccc(NC(=O)[C@@H](C#N)C(=O)C2=Cc3ccccc3OC2)c1. The van der Waals surface area contributed by atoms with E-state index in [-0.39, 0.29) is 6.61 Å². The summed E-state index contributed by atoms with van der Waals surface area (Å²) in [5, 5.41) is 11.9. The predicted octanol–water partition coefficient (Wildman–Crippen LogP) is 3.12. The van der Waals surface area contributed by atoms with Gasteiger partial charge >= 0.3 is 0 Å². The van der Waals surface area contributed by atoms with Crippen molar-refractivity contribution in [1.29, 1.82) is 5.26 Å². The van der Waals surface area contributed by atoms with Crippen molar-refractivity contribution in [2.45, 2.75) is 6.92 Å². The number of benzene rings is 2. The molecular weight excluding hydrogens is 316 g/mol. The summed E-state index contributed by atoms with van der Waals surface area (Å²) in [4.78, 5) is 25.0. The Labute approximate surface area is 145 Å². The minimum Gasteiger partial charge on any atom is -0.488 e. The third-order valence-electron chi connectivity index (χ3n) is 3.89. The molecule has 5 nitrogen and oxygen atoms in total. The molecule has 0 bridgehead atoms. The fourth-order valence-electron chi connectivity index (χ4n) is 2.62. The van der Waals surface area contributed by atoms with Gasteiger partial charge in [0.2, 0.25) is 5.91 Å². The van der Waals surface area contributed by atoms with E-state index in [1.54, 1.807) is 36.4 Å². The first-order valence-corrected chi connectivity index (χ1v) is 7.82. The highest BCUT2D eigenvalue weighted by molar-refractivity contribution is 6.17. The zero-order valence-electron chi connectivity index (χ0n) is 13.7. The molecule has 0 spiro atoms. The van der Waals surface area contributed by atoms with E-state index in [9.17, 15) is 14.9 Å². The molecule has 0 unspecified atom stereocenters. The van der Waals surface area contributed by atoms with Crippen LogP contribution in [-0.2, 0) is 9.59 Å². The van der Waals surface area contributed by atoms with Crippen molar-refractivity contribution < 1.29 is 14.3 Å². The molecule has 1 aliphatic heterocycles. The topological polar surface area (TPSA) is 79.2 Å². The molecule has 0 radical (unpaired) electrons. The fourth-order valence-corrected chi connectivity index (χ4v) is 2.62. The number of hydrogen-bond donors (Lipinski definition) is 1. The zero-order valence-corrected chi connectivity index (χ0v) is 13.7. The van der Waals surface area contributed by atoms with Gasteiger partial charge in [0.1, 0.15) is 12.4 Å². The Kier molecular flexibility index (Phi) is 4.62. The number of anilines is 1. The molecule has 2 aromatic rings. The number of ketones is 1. The van der Waals surface area contributed by atoms with Crippen molar-refractivity contribution in [1.82, 2.24) is 0 Å². The molecule has 1 atom stereocenters. The normalized spacial score (nSPS) is 13.5. The number of aryl methyl sites for hydroxylation is 1. The second-order valence-corrected chi connectivity index (χ2v) is 5.78. The first-order valence-electron chi connectivity index (χ1n) is 7.82. The predicted molar refractivity (Wildman–Crippen MR) is 93.8 cm³/mol.